The van der Waals surface area contributed by atoms with Gasteiger partial charge in [-0.05, 0) is 57.4 Å². The average molecular weight is 236 g/mol. The molecule has 0 aromatic carbocycles. The van der Waals surface area contributed by atoms with Gasteiger partial charge in [0.25, 0.3) is 0 Å². The summed E-state index contributed by atoms with van der Waals surface area (Å²) in [5.41, 5.74) is 2.51. The first-order valence-corrected chi connectivity index (χ1v) is 6.98. The summed E-state index contributed by atoms with van der Waals surface area (Å²) in [4.78, 5) is 0. The maximum atomic E-state index is 9.82. The fraction of sp³-hybridized carbons (Fsp3) is 0.786. The van der Waals surface area contributed by atoms with Crippen LogP contribution < -0.4 is 0 Å². The zero-order valence-electron chi connectivity index (χ0n) is 11.0. The first kappa shape index (κ1) is 12.6. The zero-order chi connectivity index (χ0) is 12.3. The van der Waals surface area contributed by atoms with E-state index in [4.69, 9.17) is 0 Å². The summed E-state index contributed by atoms with van der Waals surface area (Å²) in [5, 5.41) is 14.4. The number of aliphatic hydroxyl groups is 1. The van der Waals surface area contributed by atoms with Crippen molar-refractivity contribution in [3.63, 3.8) is 0 Å². The van der Waals surface area contributed by atoms with Crippen molar-refractivity contribution in [2.24, 2.45) is 5.92 Å². The first-order chi connectivity index (χ1) is 8.24. The number of aliphatic hydroxyl groups excluding tert-OH is 1. The van der Waals surface area contributed by atoms with Crippen molar-refractivity contribution in [1.29, 1.82) is 0 Å². The van der Waals surface area contributed by atoms with E-state index >= 15 is 0 Å². The van der Waals surface area contributed by atoms with Crippen molar-refractivity contribution in [3.8, 4) is 0 Å². The molecule has 1 heterocycles. The molecule has 0 radical (unpaired) electrons. The zero-order valence-corrected chi connectivity index (χ0v) is 11.0. The number of rotatable bonds is 7. The van der Waals surface area contributed by atoms with E-state index in [0.717, 1.165) is 32.2 Å². The van der Waals surface area contributed by atoms with Crippen LogP contribution in [-0.2, 0) is 19.4 Å². The molecule has 1 N–H and O–H groups in total. The Balaban J connectivity index is 1.82. The molecule has 96 valence electrons. The van der Waals surface area contributed by atoms with E-state index in [9.17, 15) is 5.11 Å². The Morgan fingerprint density at radius 2 is 2.24 bits per heavy atom. The minimum Gasteiger partial charge on any atom is -0.393 e. The fourth-order valence-electron chi connectivity index (χ4n) is 2.37. The third-order valence-corrected chi connectivity index (χ3v) is 3.67. The van der Waals surface area contributed by atoms with Crippen LogP contribution in [0, 0.1) is 5.92 Å². The molecule has 0 saturated heterocycles. The summed E-state index contributed by atoms with van der Waals surface area (Å²) in [5.74, 6) is 0.609. The van der Waals surface area contributed by atoms with E-state index in [-0.39, 0.29) is 6.10 Å². The lowest BCUT2D eigenvalue weighted by molar-refractivity contribution is 0.139. The maximum Gasteiger partial charge on any atom is 0.0624 e. The van der Waals surface area contributed by atoms with Crippen molar-refractivity contribution in [2.45, 2.75) is 65.0 Å². The van der Waals surface area contributed by atoms with Gasteiger partial charge >= 0.3 is 0 Å². The minimum atomic E-state index is -0.0568. The molecule has 0 spiro atoms. The molecule has 17 heavy (non-hydrogen) atoms. The van der Waals surface area contributed by atoms with Gasteiger partial charge in [0.05, 0.1) is 11.8 Å². The highest BCUT2D eigenvalue weighted by Gasteiger charge is 2.28. The summed E-state index contributed by atoms with van der Waals surface area (Å²) in [6.45, 7) is 5.22. The third-order valence-electron chi connectivity index (χ3n) is 3.67. The third kappa shape index (κ3) is 3.32. The summed E-state index contributed by atoms with van der Waals surface area (Å²) >= 11 is 0. The Labute approximate surface area is 104 Å². The normalized spacial score (nSPS) is 17.4. The van der Waals surface area contributed by atoms with Crippen molar-refractivity contribution >= 4 is 0 Å². The van der Waals surface area contributed by atoms with E-state index in [1.807, 2.05) is 0 Å². The van der Waals surface area contributed by atoms with Gasteiger partial charge in [-0.2, -0.15) is 5.10 Å². The van der Waals surface area contributed by atoms with Crippen LogP contribution in [0.2, 0.25) is 0 Å². The van der Waals surface area contributed by atoms with Crippen LogP contribution in [-0.4, -0.2) is 21.0 Å². The predicted molar refractivity (Wildman–Crippen MR) is 68.9 cm³/mol. The van der Waals surface area contributed by atoms with Crippen molar-refractivity contribution in [2.75, 3.05) is 0 Å². The topological polar surface area (TPSA) is 38.0 Å². The molecule has 1 aliphatic carbocycles. The van der Waals surface area contributed by atoms with Crippen LogP contribution in [0.15, 0.2) is 6.07 Å². The second-order valence-corrected chi connectivity index (χ2v) is 5.09. The second kappa shape index (κ2) is 5.67. The predicted octanol–water partition coefficient (Wildman–Crippen LogP) is 2.56. The second-order valence-electron chi connectivity index (χ2n) is 5.09. The Bertz CT molecular complexity index is 355. The largest absolute Gasteiger partial charge is 0.393 e. The van der Waals surface area contributed by atoms with Gasteiger partial charge < -0.3 is 5.11 Å². The Morgan fingerprint density at radius 1 is 1.47 bits per heavy atom. The molecule has 3 nitrogen and oxygen atoms in total. The molecule has 1 unspecified atom stereocenters. The van der Waals surface area contributed by atoms with E-state index in [1.54, 1.807) is 0 Å². The van der Waals surface area contributed by atoms with Gasteiger partial charge in [-0.15, -0.1) is 0 Å². The van der Waals surface area contributed by atoms with Gasteiger partial charge in [-0.3, -0.25) is 4.68 Å². The number of aromatic nitrogens is 2. The van der Waals surface area contributed by atoms with Crippen LogP contribution in [0.5, 0.6) is 0 Å². The minimum absolute atomic E-state index is 0.0568. The van der Waals surface area contributed by atoms with Crippen molar-refractivity contribution < 1.29 is 5.11 Å². The highest BCUT2D eigenvalue weighted by molar-refractivity contribution is 5.10. The first-order valence-electron chi connectivity index (χ1n) is 6.98. The SMILES string of the molecule is CCc1cc(CCCC(O)C2CC2)n(CC)n1. The van der Waals surface area contributed by atoms with Crippen LogP contribution in [0.25, 0.3) is 0 Å². The molecule has 1 fully saturated rings. The summed E-state index contributed by atoms with van der Waals surface area (Å²) in [6, 6.07) is 2.22. The molecule has 1 atom stereocenters. The molecule has 3 heteroatoms. The van der Waals surface area contributed by atoms with Gasteiger partial charge in [-0.25, -0.2) is 0 Å². The van der Waals surface area contributed by atoms with Gasteiger partial charge in [0.15, 0.2) is 0 Å². The van der Waals surface area contributed by atoms with Gasteiger partial charge in [-0.1, -0.05) is 6.92 Å². The highest BCUT2D eigenvalue weighted by Crippen LogP contribution is 2.34. The van der Waals surface area contributed by atoms with E-state index in [2.05, 4.69) is 29.7 Å². The van der Waals surface area contributed by atoms with Crippen molar-refractivity contribution in [3.05, 3.63) is 17.5 Å². The number of hydrogen-bond acceptors (Lipinski definition) is 2. The molecule has 2 rings (SSSR count). The van der Waals surface area contributed by atoms with E-state index < -0.39 is 0 Å². The lowest BCUT2D eigenvalue weighted by atomic mass is 10.1. The Hall–Kier alpha value is -0.830. The molecule has 0 aliphatic heterocycles. The average Bonchev–Trinajstić information content (AvgIpc) is 3.11. The number of nitrogens with zero attached hydrogens (tertiary/aromatic N) is 2. The van der Waals surface area contributed by atoms with Crippen LogP contribution in [0.3, 0.4) is 0 Å². The van der Waals surface area contributed by atoms with Crippen LogP contribution >= 0.6 is 0 Å². The van der Waals surface area contributed by atoms with Gasteiger partial charge in [0.1, 0.15) is 0 Å². The van der Waals surface area contributed by atoms with Crippen LogP contribution in [0.1, 0.15) is 50.9 Å². The summed E-state index contributed by atoms with van der Waals surface area (Å²) in [6.07, 6.45) is 6.48. The van der Waals surface area contributed by atoms with Gasteiger partial charge in [0, 0.05) is 12.2 Å². The summed E-state index contributed by atoms with van der Waals surface area (Å²) < 4.78 is 2.10. The monoisotopic (exact) mass is 236 g/mol. The highest BCUT2D eigenvalue weighted by atomic mass is 16.3. The standard InChI is InChI=1S/C14H24N2O/c1-3-12-10-13(16(4-2)15-12)6-5-7-14(17)11-8-9-11/h10-11,14,17H,3-9H2,1-2H3. The van der Waals surface area contributed by atoms with Gasteiger partial charge in [0.2, 0.25) is 0 Å². The molecule has 0 amide bonds. The smallest absolute Gasteiger partial charge is 0.0624 e. The van der Waals surface area contributed by atoms with Crippen molar-refractivity contribution in [1.82, 2.24) is 9.78 Å². The molecular formula is C14H24N2O. The molecule has 1 saturated carbocycles. The molecular weight excluding hydrogens is 212 g/mol. The molecule has 1 aliphatic rings. The number of hydrogen-bond donors (Lipinski definition) is 1. The Morgan fingerprint density at radius 3 is 2.82 bits per heavy atom. The fourth-order valence-corrected chi connectivity index (χ4v) is 2.37. The molecule has 1 aromatic heterocycles. The van der Waals surface area contributed by atoms with E-state index in [1.165, 1.54) is 24.2 Å². The van der Waals surface area contributed by atoms with E-state index in [0.29, 0.717) is 5.92 Å². The lowest BCUT2D eigenvalue weighted by Gasteiger charge is -2.09. The summed E-state index contributed by atoms with van der Waals surface area (Å²) in [7, 11) is 0. The van der Waals surface area contributed by atoms with Crippen LogP contribution in [0.4, 0.5) is 0 Å². The maximum absolute atomic E-state index is 9.82. The molecule has 1 aromatic rings. The molecule has 0 bridgehead atoms. The quantitative estimate of drug-likeness (QED) is 0.790. The Kier molecular flexibility index (Phi) is 4.21. The number of aryl methyl sites for hydroxylation is 3. The lowest BCUT2D eigenvalue weighted by Crippen LogP contribution is -2.10.